The van der Waals surface area contributed by atoms with E-state index in [0.29, 0.717) is 33.8 Å². The van der Waals surface area contributed by atoms with Crippen LogP contribution in [0.2, 0.25) is 10.0 Å². The molecule has 4 nitrogen and oxygen atoms in total. The number of nitrogens with zero attached hydrogens (tertiary/aromatic N) is 1. The Labute approximate surface area is 175 Å². The quantitative estimate of drug-likeness (QED) is 0.639. The third kappa shape index (κ3) is 4.06. The summed E-state index contributed by atoms with van der Waals surface area (Å²) in [6, 6.07) is 3.79. The Bertz CT molecular complexity index is 757. The molecule has 1 aliphatic carbocycles. The van der Waals surface area contributed by atoms with Crippen molar-refractivity contribution in [3.05, 3.63) is 27.7 Å². The average molecular weight is 427 g/mol. The Balaban J connectivity index is 1.41. The van der Waals surface area contributed by atoms with Crippen LogP contribution in [0.4, 0.5) is 0 Å². The minimum absolute atomic E-state index is 0.0528. The average Bonchev–Trinajstić information content (AvgIpc) is 2.64. The van der Waals surface area contributed by atoms with Gasteiger partial charge in [0.25, 0.3) is 0 Å². The van der Waals surface area contributed by atoms with Gasteiger partial charge in [-0.05, 0) is 37.2 Å². The zero-order chi connectivity index (χ0) is 19.0. The molecule has 0 bridgehead atoms. The van der Waals surface area contributed by atoms with Crippen molar-refractivity contribution in [2.24, 2.45) is 0 Å². The number of piperidine rings is 1. The molecule has 3 aliphatic rings. The van der Waals surface area contributed by atoms with E-state index in [1.165, 1.54) is 32.1 Å². The maximum atomic E-state index is 12.7. The Morgan fingerprint density at radius 3 is 2.59 bits per heavy atom. The van der Waals surface area contributed by atoms with Gasteiger partial charge in [-0.25, -0.2) is 0 Å². The number of ketones is 1. The van der Waals surface area contributed by atoms with Crippen LogP contribution in [-0.2, 0) is 0 Å². The first kappa shape index (κ1) is 19.3. The number of hydrogen-bond acceptors (Lipinski definition) is 3. The Kier molecular flexibility index (Phi) is 5.55. The first-order chi connectivity index (χ1) is 13.0. The summed E-state index contributed by atoms with van der Waals surface area (Å²) in [7, 11) is 0. The molecule has 1 spiro atoms. The van der Waals surface area contributed by atoms with E-state index in [0.717, 1.165) is 31.0 Å². The monoisotopic (exact) mass is 426 g/mol. The number of rotatable bonds is 1. The molecule has 0 aromatic heterocycles. The molecule has 0 radical (unpaired) electrons. The second-order valence-electron chi connectivity index (χ2n) is 7.92. The molecule has 2 fully saturated rings. The van der Waals surface area contributed by atoms with E-state index in [1.54, 1.807) is 12.1 Å². The van der Waals surface area contributed by atoms with Gasteiger partial charge in [-0.3, -0.25) is 4.79 Å². The van der Waals surface area contributed by atoms with Gasteiger partial charge in [-0.1, -0.05) is 42.5 Å². The molecule has 27 heavy (non-hydrogen) atoms. The predicted molar refractivity (Wildman–Crippen MR) is 112 cm³/mol. The lowest BCUT2D eigenvalue weighted by Crippen LogP contribution is -2.55. The number of carbonyl (C=O) groups excluding carboxylic acids is 1. The normalized spacial score (nSPS) is 22.3. The molecule has 0 unspecified atom stereocenters. The number of hydrogen-bond donors (Lipinski definition) is 1. The lowest BCUT2D eigenvalue weighted by atomic mass is 9.82. The number of benzene rings is 1. The maximum absolute atomic E-state index is 12.7. The van der Waals surface area contributed by atoms with E-state index in [1.807, 2.05) is 0 Å². The zero-order valence-electron chi connectivity index (χ0n) is 15.2. The van der Waals surface area contributed by atoms with Crippen LogP contribution < -0.4 is 10.1 Å². The first-order valence-electron chi connectivity index (χ1n) is 9.72. The van der Waals surface area contributed by atoms with Crippen molar-refractivity contribution in [3.63, 3.8) is 0 Å². The van der Waals surface area contributed by atoms with Gasteiger partial charge in [0, 0.05) is 37.0 Å². The fourth-order valence-electron chi connectivity index (χ4n) is 4.42. The van der Waals surface area contributed by atoms with Crippen molar-refractivity contribution in [2.45, 2.75) is 63.0 Å². The molecule has 2 heterocycles. The summed E-state index contributed by atoms with van der Waals surface area (Å²) in [6.07, 6.45) is 8.17. The highest BCUT2D eigenvalue weighted by Crippen LogP contribution is 2.44. The van der Waals surface area contributed by atoms with E-state index in [-0.39, 0.29) is 5.78 Å². The summed E-state index contributed by atoms with van der Waals surface area (Å²) in [5, 5.41) is 5.23. The molecule has 146 valence electrons. The first-order valence-corrected chi connectivity index (χ1v) is 10.9. The summed E-state index contributed by atoms with van der Waals surface area (Å²) < 4.78 is 6.29. The number of likely N-dealkylation sites (tertiary alicyclic amines) is 1. The highest BCUT2D eigenvalue weighted by atomic mass is 35.5. The smallest absolute Gasteiger partial charge is 0.170 e. The van der Waals surface area contributed by atoms with E-state index < -0.39 is 5.60 Å². The van der Waals surface area contributed by atoms with Crippen LogP contribution in [0.1, 0.15) is 61.7 Å². The largest absolute Gasteiger partial charge is 0.484 e. The number of thiocarbonyl (C=S) groups is 1. The number of carbonyl (C=O) groups is 1. The second-order valence-corrected chi connectivity index (χ2v) is 9.15. The molecule has 2 aliphatic heterocycles. The number of fused-ring (bicyclic) bond motifs is 1. The molecule has 1 N–H and O–H groups in total. The van der Waals surface area contributed by atoms with Gasteiger partial charge in [0.15, 0.2) is 10.9 Å². The fourth-order valence-corrected chi connectivity index (χ4v) is 5.30. The van der Waals surface area contributed by atoms with E-state index in [9.17, 15) is 4.79 Å². The van der Waals surface area contributed by atoms with Crippen LogP contribution in [-0.4, -0.2) is 40.5 Å². The van der Waals surface area contributed by atoms with Gasteiger partial charge in [-0.15, -0.1) is 0 Å². The summed E-state index contributed by atoms with van der Waals surface area (Å²) in [5.74, 6) is 0.533. The number of halogens is 2. The van der Waals surface area contributed by atoms with Crippen molar-refractivity contribution in [2.75, 3.05) is 13.1 Å². The summed E-state index contributed by atoms with van der Waals surface area (Å²) >= 11 is 18.0. The number of Topliss-reactive ketones (excluding diaryl/α,β-unsaturated/α-hetero) is 1. The van der Waals surface area contributed by atoms with Gasteiger partial charge < -0.3 is 15.0 Å². The van der Waals surface area contributed by atoms with Crippen LogP contribution in [0.3, 0.4) is 0 Å². The molecule has 1 saturated carbocycles. The molecule has 1 saturated heterocycles. The molecule has 0 amide bonds. The third-order valence-electron chi connectivity index (χ3n) is 6.00. The zero-order valence-corrected chi connectivity index (χ0v) is 17.6. The van der Waals surface area contributed by atoms with Crippen LogP contribution in [0, 0.1) is 0 Å². The fraction of sp³-hybridized carbons (Fsp3) is 0.600. The van der Waals surface area contributed by atoms with E-state index in [4.69, 9.17) is 40.2 Å². The Hall–Kier alpha value is -1.04. The van der Waals surface area contributed by atoms with Gasteiger partial charge in [-0.2, -0.15) is 0 Å². The minimum atomic E-state index is -0.488. The van der Waals surface area contributed by atoms with Crippen molar-refractivity contribution < 1.29 is 9.53 Å². The maximum Gasteiger partial charge on any atom is 0.170 e. The van der Waals surface area contributed by atoms with Gasteiger partial charge in [0.1, 0.15) is 11.4 Å². The number of nitrogens with one attached hydrogen (secondary N) is 1. The summed E-state index contributed by atoms with van der Waals surface area (Å²) in [6.45, 7) is 1.57. The molecule has 1 aromatic rings. The highest BCUT2D eigenvalue weighted by Gasteiger charge is 2.44. The third-order valence-corrected chi connectivity index (χ3v) is 6.88. The van der Waals surface area contributed by atoms with Gasteiger partial charge in [0.05, 0.1) is 17.0 Å². The molecular formula is C20H24Cl2N2O2S. The highest BCUT2D eigenvalue weighted by molar-refractivity contribution is 7.80. The lowest BCUT2D eigenvalue weighted by Gasteiger charge is -2.45. The Morgan fingerprint density at radius 1 is 1.19 bits per heavy atom. The van der Waals surface area contributed by atoms with Gasteiger partial charge in [0.2, 0.25) is 0 Å². The van der Waals surface area contributed by atoms with Crippen molar-refractivity contribution in [3.8, 4) is 5.75 Å². The standard InChI is InChI=1S/C20H24Cl2N2O2S/c21-13-10-15-17(25)12-20(26-18(15)16(22)11-13)6-8-24(9-7-20)19(27)23-14-4-2-1-3-5-14/h10-11,14H,1-9,12H2,(H,23,27). The van der Waals surface area contributed by atoms with Crippen LogP contribution in [0.5, 0.6) is 5.75 Å². The predicted octanol–water partition coefficient (Wildman–Crippen LogP) is 5.00. The molecule has 1 aromatic carbocycles. The van der Waals surface area contributed by atoms with Gasteiger partial charge >= 0.3 is 0 Å². The van der Waals surface area contributed by atoms with Crippen LogP contribution in [0.15, 0.2) is 12.1 Å². The van der Waals surface area contributed by atoms with Crippen LogP contribution >= 0.6 is 35.4 Å². The molecular weight excluding hydrogens is 403 g/mol. The Morgan fingerprint density at radius 2 is 1.89 bits per heavy atom. The molecule has 0 atom stereocenters. The van der Waals surface area contributed by atoms with Crippen LogP contribution in [0.25, 0.3) is 0 Å². The van der Waals surface area contributed by atoms with Crippen molar-refractivity contribution in [1.29, 1.82) is 0 Å². The minimum Gasteiger partial charge on any atom is -0.484 e. The summed E-state index contributed by atoms with van der Waals surface area (Å²) in [5.41, 5.74) is 0.00781. The SMILES string of the molecule is O=C1CC2(CCN(C(=S)NC3CCCCC3)CC2)Oc2c(Cl)cc(Cl)cc21. The van der Waals surface area contributed by atoms with Crippen molar-refractivity contribution in [1.82, 2.24) is 10.2 Å². The summed E-state index contributed by atoms with van der Waals surface area (Å²) in [4.78, 5) is 14.9. The molecule has 7 heteroatoms. The molecule has 4 rings (SSSR count). The van der Waals surface area contributed by atoms with E-state index in [2.05, 4.69) is 10.2 Å². The van der Waals surface area contributed by atoms with E-state index >= 15 is 0 Å². The lowest BCUT2D eigenvalue weighted by molar-refractivity contribution is 0.00355. The van der Waals surface area contributed by atoms with Crippen molar-refractivity contribution >= 4 is 46.3 Å². The second kappa shape index (κ2) is 7.76. The topological polar surface area (TPSA) is 41.6 Å². The number of ether oxygens (including phenoxy) is 1.